The highest BCUT2D eigenvalue weighted by Crippen LogP contribution is 2.16. The number of pyridine rings is 1. The summed E-state index contributed by atoms with van der Waals surface area (Å²) < 4.78 is 5.05. The predicted molar refractivity (Wildman–Crippen MR) is 82.0 cm³/mol. The zero-order chi connectivity index (χ0) is 14.2. The topological polar surface area (TPSA) is 37.4 Å². The van der Waals surface area contributed by atoms with Crippen molar-refractivity contribution < 1.29 is 4.74 Å². The van der Waals surface area contributed by atoms with Crippen molar-refractivity contribution in [2.24, 2.45) is 0 Å². The number of nitrogens with one attached hydrogen (secondary N) is 1. The molecule has 112 valence electrons. The third-order valence-corrected chi connectivity index (χ3v) is 4.08. The van der Waals surface area contributed by atoms with E-state index in [-0.39, 0.29) is 0 Å². The van der Waals surface area contributed by atoms with E-state index in [4.69, 9.17) is 4.74 Å². The van der Waals surface area contributed by atoms with Crippen LogP contribution in [0.2, 0.25) is 0 Å². The second-order valence-corrected chi connectivity index (χ2v) is 5.62. The lowest BCUT2D eigenvalue weighted by Gasteiger charge is -2.33. The van der Waals surface area contributed by atoms with Crippen molar-refractivity contribution in [2.75, 3.05) is 26.7 Å². The highest BCUT2D eigenvalue weighted by Gasteiger charge is 2.16. The Kier molecular flexibility index (Phi) is 6.27. The van der Waals surface area contributed by atoms with Gasteiger partial charge in [-0.3, -0.25) is 0 Å². The molecule has 0 amide bonds. The van der Waals surface area contributed by atoms with Crippen LogP contribution in [0.1, 0.15) is 38.2 Å². The molecule has 0 radical (unpaired) electrons. The van der Waals surface area contributed by atoms with Gasteiger partial charge in [0, 0.05) is 24.8 Å². The van der Waals surface area contributed by atoms with Gasteiger partial charge < -0.3 is 15.0 Å². The molecule has 0 spiro atoms. The second kappa shape index (κ2) is 8.22. The van der Waals surface area contributed by atoms with Crippen LogP contribution in [-0.4, -0.2) is 42.7 Å². The van der Waals surface area contributed by atoms with Gasteiger partial charge in [-0.15, -0.1) is 0 Å². The average Bonchev–Trinajstić information content (AvgIpc) is 2.49. The van der Waals surface area contributed by atoms with Crippen LogP contribution in [0, 0.1) is 0 Å². The fourth-order valence-corrected chi connectivity index (χ4v) is 2.77. The van der Waals surface area contributed by atoms with Crippen molar-refractivity contribution in [2.45, 2.75) is 45.2 Å². The number of hydrogen-bond acceptors (Lipinski definition) is 4. The third kappa shape index (κ3) is 4.76. The number of piperidine rings is 1. The molecule has 0 saturated carbocycles. The van der Waals surface area contributed by atoms with E-state index in [9.17, 15) is 0 Å². The molecule has 1 aliphatic heterocycles. The zero-order valence-corrected chi connectivity index (χ0v) is 12.8. The molecular weight excluding hydrogens is 250 g/mol. The lowest BCUT2D eigenvalue weighted by Crippen LogP contribution is -2.38. The standard InChI is InChI=1S/C16H27N3O/c1-14-6-3-4-10-19(14)11-5-9-17-12-15-7-8-16(20-2)18-13-15/h7-8,13-14,17H,3-6,9-12H2,1-2H3. The predicted octanol–water partition coefficient (Wildman–Crippen LogP) is 2.44. The van der Waals surface area contributed by atoms with Crippen molar-refractivity contribution in [3.05, 3.63) is 23.9 Å². The first-order chi connectivity index (χ1) is 9.79. The second-order valence-electron chi connectivity index (χ2n) is 5.62. The number of rotatable bonds is 7. The molecule has 1 aromatic heterocycles. The quantitative estimate of drug-likeness (QED) is 0.777. The van der Waals surface area contributed by atoms with Crippen LogP contribution < -0.4 is 10.1 Å². The third-order valence-electron chi connectivity index (χ3n) is 4.08. The first-order valence-electron chi connectivity index (χ1n) is 7.73. The summed E-state index contributed by atoms with van der Waals surface area (Å²) in [6.45, 7) is 6.80. The van der Waals surface area contributed by atoms with Gasteiger partial charge in [0.1, 0.15) is 0 Å². The van der Waals surface area contributed by atoms with Crippen LogP contribution in [0.3, 0.4) is 0 Å². The first kappa shape index (κ1) is 15.3. The smallest absolute Gasteiger partial charge is 0.212 e. The van der Waals surface area contributed by atoms with E-state index in [0.717, 1.165) is 19.1 Å². The maximum Gasteiger partial charge on any atom is 0.212 e. The Morgan fingerprint density at radius 3 is 3.00 bits per heavy atom. The Hall–Kier alpha value is -1.13. The fourth-order valence-electron chi connectivity index (χ4n) is 2.77. The van der Waals surface area contributed by atoms with Crippen molar-refractivity contribution in [3.8, 4) is 5.88 Å². The minimum Gasteiger partial charge on any atom is -0.481 e. The summed E-state index contributed by atoms with van der Waals surface area (Å²) in [4.78, 5) is 6.83. The maximum atomic E-state index is 5.05. The number of methoxy groups -OCH3 is 1. The van der Waals surface area contributed by atoms with E-state index in [1.165, 1.54) is 44.3 Å². The van der Waals surface area contributed by atoms with E-state index in [1.807, 2.05) is 12.3 Å². The highest BCUT2D eigenvalue weighted by molar-refractivity contribution is 5.17. The van der Waals surface area contributed by atoms with E-state index >= 15 is 0 Å². The number of ether oxygens (including phenoxy) is 1. The van der Waals surface area contributed by atoms with E-state index < -0.39 is 0 Å². The average molecular weight is 277 g/mol. The number of hydrogen-bond donors (Lipinski definition) is 1. The molecule has 1 saturated heterocycles. The molecule has 1 fully saturated rings. The van der Waals surface area contributed by atoms with Gasteiger partial charge in [0.2, 0.25) is 5.88 Å². The van der Waals surface area contributed by atoms with Gasteiger partial charge in [0.25, 0.3) is 0 Å². The molecule has 1 N–H and O–H groups in total. The van der Waals surface area contributed by atoms with Gasteiger partial charge in [-0.2, -0.15) is 0 Å². The van der Waals surface area contributed by atoms with Gasteiger partial charge >= 0.3 is 0 Å². The van der Waals surface area contributed by atoms with Crippen LogP contribution in [0.25, 0.3) is 0 Å². The summed E-state index contributed by atoms with van der Waals surface area (Å²) in [6, 6.07) is 4.74. The Balaban J connectivity index is 1.58. The van der Waals surface area contributed by atoms with Crippen molar-refractivity contribution in [1.29, 1.82) is 0 Å². The van der Waals surface area contributed by atoms with Crippen molar-refractivity contribution in [1.82, 2.24) is 15.2 Å². The van der Waals surface area contributed by atoms with Gasteiger partial charge in [0.05, 0.1) is 7.11 Å². The van der Waals surface area contributed by atoms with Gasteiger partial charge in [-0.05, 0) is 51.4 Å². The normalized spacial score (nSPS) is 20.0. The lowest BCUT2D eigenvalue weighted by atomic mass is 10.0. The number of aromatic nitrogens is 1. The summed E-state index contributed by atoms with van der Waals surface area (Å²) >= 11 is 0. The Labute approximate surface area is 122 Å². The molecule has 4 heteroatoms. The van der Waals surface area contributed by atoms with Gasteiger partial charge in [-0.1, -0.05) is 12.5 Å². The van der Waals surface area contributed by atoms with Crippen LogP contribution in [0.4, 0.5) is 0 Å². The molecule has 1 aliphatic rings. The summed E-state index contributed by atoms with van der Waals surface area (Å²) in [5.74, 6) is 0.674. The molecule has 0 aliphatic carbocycles. The summed E-state index contributed by atoms with van der Waals surface area (Å²) in [6.07, 6.45) is 7.23. The minimum atomic E-state index is 0.674. The summed E-state index contributed by atoms with van der Waals surface area (Å²) in [5, 5.41) is 3.49. The minimum absolute atomic E-state index is 0.674. The number of nitrogens with zero attached hydrogens (tertiary/aromatic N) is 2. The Bertz CT molecular complexity index is 380. The molecular formula is C16H27N3O. The first-order valence-corrected chi connectivity index (χ1v) is 7.73. The molecule has 4 nitrogen and oxygen atoms in total. The summed E-state index contributed by atoms with van der Waals surface area (Å²) in [5.41, 5.74) is 1.21. The molecule has 0 bridgehead atoms. The van der Waals surface area contributed by atoms with E-state index in [2.05, 4.69) is 28.2 Å². The van der Waals surface area contributed by atoms with Crippen LogP contribution in [-0.2, 0) is 6.54 Å². The maximum absolute atomic E-state index is 5.05. The van der Waals surface area contributed by atoms with Crippen LogP contribution in [0.5, 0.6) is 5.88 Å². The van der Waals surface area contributed by atoms with Crippen LogP contribution in [0.15, 0.2) is 18.3 Å². The molecule has 20 heavy (non-hydrogen) atoms. The Morgan fingerprint density at radius 1 is 1.40 bits per heavy atom. The molecule has 2 rings (SSSR count). The lowest BCUT2D eigenvalue weighted by molar-refractivity contribution is 0.159. The van der Waals surface area contributed by atoms with Crippen molar-refractivity contribution in [3.63, 3.8) is 0 Å². The SMILES string of the molecule is COc1ccc(CNCCCN2CCCCC2C)cn1. The number of likely N-dealkylation sites (tertiary alicyclic amines) is 1. The van der Waals surface area contributed by atoms with E-state index in [1.54, 1.807) is 7.11 Å². The molecule has 2 heterocycles. The largest absolute Gasteiger partial charge is 0.481 e. The molecule has 0 aromatic carbocycles. The van der Waals surface area contributed by atoms with E-state index in [0.29, 0.717) is 5.88 Å². The highest BCUT2D eigenvalue weighted by atomic mass is 16.5. The Morgan fingerprint density at radius 2 is 2.30 bits per heavy atom. The van der Waals surface area contributed by atoms with Gasteiger partial charge in [-0.25, -0.2) is 4.98 Å². The van der Waals surface area contributed by atoms with Gasteiger partial charge in [0.15, 0.2) is 0 Å². The molecule has 1 atom stereocenters. The monoisotopic (exact) mass is 277 g/mol. The van der Waals surface area contributed by atoms with Crippen LogP contribution >= 0.6 is 0 Å². The van der Waals surface area contributed by atoms with Crippen molar-refractivity contribution >= 4 is 0 Å². The summed E-state index contributed by atoms with van der Waals surface area (Å²) in [7, 11) is 1.64. The molecule has 1 unspecified atom stereocenters. The fraction of sp³-hybridized carbons (Fsp3) is 0.688. The zero-order valence-electron chi connectivity index (χ0n) is 12.8. The molecule has 1 aromatic rings.